The van der Waals surface area contributed by atoms with E-state index < -0.39 is 15.9 Å². The minimum atomic E-state index is -3.84. The van der Waals surface area contributed by atoms with Crippen LogP contribution < -0.4 is 5.49 Å². The summed E-state index contributed by atoms with van der Waals surface area (Å²) in [6.07, 6.45) is 1.56. The Morgan fingerprint density at radius 1 is 1.23 bits per heavy atom. The number of aromatic nitrogens is 1. The van der Waals surface area contributed by atoms with Crippen LogP contribution in [0.25, 0.3) is 0 Å². The minimum Gasteiger partial charge on any atom is -0.273 e. The zero-order valence-electron chi connectivity index (χ0n) is 14.8. The molecular weight excluding hydrogens is 352 g/mol. The largest absolute Gasteiger partial charge is 0.273 e. The Balaban J connectivity index is 2.28. The third kappa shape index (κ3) is 4.45. The molecule has 2 aromatic rings. The number of hydrogen-bond donors (Lipinski definition) is 0. The summed E-state index contributed by atoms with van der Waals surface area (Å²) in [5.41, 5.74) is 0.833. The summed E-state index contributed by atoms with van der Waals surface area (Å²) in [4.78, 5) is 17.0. The summed E-state index contributed by atoms with van der Waals surface area (Å²) >= 11 is 0. The van der Waals surface area contributed by atoms with Gasteiger partial charge in [-0.1, -0.05) is 6.07 Å². The van der Waals surface area contributed by atoms with Crippen molar-refractivity contribution in [1.29, 1.82) is 5.26 Å². The van der Waals surface area contributed by atoms with Crippen molar-refractivity contribution in [1.82, 2.24) is 8.87 Å². The smallest absolute Gasteiger partial charge is 0.247 e. The van der Waals surface area contributed by atoms with E-state index in [4.69, 9.17) is 5.26 Å². The lowest BCUT2D eigenvalue weighted by Crippen LogP contribution is -2.38. The summed E-state index contributed by atoms with van der Waals surface area (Å²) in [7, 11) is -2.50. The second-order valence-corrected chi connectivity index (χ2v) is 7.99. The van der Waals surface area contributed by atoms with Crippen molar-refractivity contribution >= 4 is 15.9 Å². The Labute approximate surface area is 152 Å². The highest BCUT2D eigenvalue weighted by Gasteiger charge is 2.23. The number of hydrogen-bond acceptors (Lipinski definition) is 5. The van der Waals surface area contributed by atoms with Gasteiger partial charge >= 0.3 is 0 Å². The molecule has 0 aliphatic heterocycles. The van der Waals surface area contributed by atoms with E-state index in [9.17, 15) is 13.2 Å². The van der Waals surface area contributed by atoms with E-state index >= 15 is 0 Å². The van der Waals surface area contributed by atoms with Gasteiger partial charge in [0.05, 0.1) is 23.1 Å². The van der Waals surface area contributed by atoms with Gasteiger partial charge < -0.3 is 0 Å². The molecule has 0 fully saturated rings. The first-order valence-corrected chi connectivity index (χ1v) is 9.41. The number of pyridine rings is 1. The van der Waals surface area contributed by atoms with E-state index in [1.165, 1.54) is 35.9 Å². The molecule has 0 bridgehead atoms. The van der Waals surface area contributed by atoms with Gasteiger partial charge in [0, 0.05) is 19.3 Å². The monoisotopic (exact) mass is 372 g/mol. The topological polar surface area (TPSA) is 95.5 Å². The molecule has 0 spiro atoms. The summed E-state index contributed by atoms with van der Waals surface area (Å²) < 4.78 is 27.6. The maximum atomic E-state index is 12.6. The van der Waals surface area contributed by atoms with Gasteiger partial charge in [-0.25, -0.2) is 8.42 Å². The Bertz CT molecular complexity index is 1000. The molecule has 1 heterocycles. The zero-order valence-corrected chi connectivity index (χ0v) is 15.6. The highest BCUT2D eigenvalue weighted by molar-refractivity contribution is 7.89. The van der Waals surface area contributed by atoms with Crippen molar-refractivity contribution < 1.29 is 13.2 Å². The van der Waals surface area contributed by atoms with Crippen molar-refractivity contribution in [3.05, 3.63) is 59.7 Å². The standard InChI is InChI=1S/C18H20N4O3S/c1-14(2)20-17-6-4-5-11-22(17)18(23)13-21(3)26(24,25)16-9-7-15(12-19)8-10-16/h4-11,14H,13H2,1-3H3. The van der Waals surface area contributed by atoms with E-state index in [0.717, 1.165) is 4.31 Å². The molecule has 0 atom stereocenters. The van der Waals surface area contributed by atoms with Gasteiger partial charge in [-0.05, 0) is 50.2 Å². The van der Waals surface area contributed by atoms with Crippen LogP contribution in [0.1, 0.15) is 24.2 Å². The van der Waals surface area contributed by atoms with Crippen LogP contribution in [-0.4, -0.2) is 42.8 Å². The number of benzene rings is 1. The maximum Gasteiger partial charge on any atom is 0.247 e. The fourth-order valence-corrected chi connectivity index (χ4v) is 3.37. The van der Waals surface area contributed by atoms with Gasteiger partial charge in [-0.2, -0.15) is 9.57 Å². The number of nitriles is 1. The molecule has 1 aromatic heterocycles. The second-order valence-electron chi connectivity index (χ2n) is 5.94. The van der Waals surface area contributed by atoms with Crippen LogP contribution in [0.4, 0.5) is 0 Å². The molecule has 136 valence electrons. The van der Waals surface area contributed by atoms with Crippen LogP contribution >= 0.6 is 0 Å². The molecular formula is C18H20N4O3S. The van der Waals surface area contributed by atoms with Crippen molar-refractivity contribution in [3.8, 4) is 6.07 Å². The molecule has 0 aliphatic rings. The average molecular weight is 372 g/mol. The first-order chi connectivity index (χ1) is 12.3. The molecule has 2 rings (SSSR count). The van der Waals surface area contributed by atoms with Crippen molar-refractivity contribution in [3.63, 3.8) is 0 Å². The third-order valence-corrected chi connectivity index (χ3v) is 5.36. The Morgan fingerprint density at radius 3 is 2.46 bits per heavy atom. The first kappa shape index (κ1) is 19.6. The summed E-state index contributed by atoms with van der Waals surface area (Å²) in [6.45, 7) is 3.45. The van der Waals surface area contributed by atoms with E-state index in [-0.39, 0.29) is 17.5 Å². The number of likely N-dealkylation sites (N-methyl/N-ethyl adjacent to an activating group) is 1. The number of rotatable bonds is 5. The molecule has 7 nitrogen and oxygen atoms in total. The van der Waals surface area contributed by atoms with Gasteiger partial charge in [0.25, 0.3) is 0 Å². The molecule has 26 heavy (non-hydrogen) atoms. The van der Waals surface area contributed by atoms with E-state index in [0.29, 0.717) is 11.1 Å². The predicted molar refractivity (Wildman–Crippen MR) is 96.7 cm³/mol. The molecule has 0 unspecified atom stereocenters. The van der Waals surface area contributed by atoms with Crippen molar-refractivity contribution in [2.75, 3.05) is 13.6 Å². The normalized spacial score (nSPS) is 12.4. The number of nitrogens with zero attached hydrogens (tertiary/aromatic N) is 4. The summed E-state index contributed by atoms with van der Waals surface area (Å²) in [5.74, 6) is -0.412. The van der Waals surface area contributed by atoms with Crippen LogP contribution in [-0.2, 0) is 10.0 Å². The number of sulfonamides is 1. The Hall–Kier alpha value is -2.76. The molecule has 8 heteroatoms. The predicted octanol–water partition coefficient (Wildman–Crippen LogP) is 1.63. The van der Waals surface area contributed by atoms with Gasteiger partial charge in [0.1, 0.15) is 5.49 Å². The number of carbonyl (C=O) groups is 1. The molecule has 0 aliphatic carbocycles. The van der Waals surface area contributed by atoms with Gasteiger partial charge in [-0.3, -0.25) is 14.4 Å². The molecule has 1 aromatic carbocycles. The Kier molecular flexibility index (Phi) is 6.08. The highest BCUT2D eigenvalue weighted by atomic mass is 32.2. The molecule has 0 N–H and O–H groups in total. The quantitative estimate of drug-likeness (QED) is 0.797. The molecule has 0 saturated carbocycles. The van der Waals surface area contributed by atoms with Crippen LogP contribution in [0, 0.1) is 11.3 Å². The second kappa shape index (κ2) is 8.08. The first-order valence-electron chi connectivity index (χ1n) is 7.97. The van der Waals surface area contributed by atoms with Crippen molar-refractivity contribution in [2.45, 2.75) is 24.8 Å². The average Bonchev–Trinajstić information content (AvgIpc) is 2.61. The lowest BCUT2D eigenvalue weighted by Gasteiger charge is -2.17. The van der Waals surface area contributed by atoms with Crippen LogP contribution in [0.3, 0.4) is 0 Å². The van der Waals surface area contributed by atoms with E-state index in [1.807, 2.05) is 19.9 Å². The molecule has 0 radical (unpaired) electrons. The lowest BCUT2D eigenvalue weighted by atomic mass is 10.2. The van der Waals surface area contributed by atoms with Crippen molar-refractivity contribution in [2.24, 2.45) is 4.99 Å². The third-order valence-electron chi connectivity index (χ3n) is 3.55. The van der Waals surface area contributed by atoms with Gasteiger partial charge in [0.15, 0.2) is 0 Å². The highest BCUT2D eigenvalue weighted by Crippen LogP contribution is 2.15. The fraction of sp³-hybridized carbons (Fsp3) is 0.278. The van der Waals surface area contributed by atoms with Gasteiger partial charge in [-0.15, -0.1) is 0 Å². The summed E-state index contributed by atoms with van der Waals surface area (Å²) in [6, 6.07) is 12.6. The minimum absolute atomic E-state index is 0.00318. The van der Waals surface area contributed by atoms with Gasteiger partial charge in [0.2, 0.25) is 15.9 Å². The van der Waals surface area contributed by atoms with Crippen LogP contribution in [0.2, 0.25) is 0 Å². The SMILES string of the molecule is CC(C)N=c1ccccn1C(=O)CN(C)S(=O)(=O)c1ccc(C#N)cc1. The lowest BCUT2D eigenvalue weighted by molar-refractivity contribution is 0.0887. The van der Waals surface area contributed by atoms with Crippen LogP contribution in [0.15, 0.2) is 58.5 Å². The Morgan fingerprint density at radius 2 is 1.88 bits per heavy atom. The number of carbonyl (C=O) groups excluding carboxylic acids is 1. The zero-order chi connectivity index (χ0) is 19.3. The fourth-order valence-electron chi connectivity index (χ4n) is 2.25. The van der Waals surface area contributed by atoms with Crippen LogP contribution in [0.5, 0.6) is 0 Å². The van der Waals surface area contributed by atoms with E-state index in [1.54, 1.807) is 24.4 Å². The maximum absolute atomic E-state index is 12.6. The summed E-state index contributed by atoms with van der Waals surface area (Å²) in [5, 5.41) is 8.81. The van der Waals surface area contributed by atoms with E-state index in [2.05, 4.69) is 4.99 Å². The molecule has 0 saturated heterocycles. The molecule has 0 amide bonds.